The number of phenols is 1. The number of aromatic hydroxyl groups is 1. The van der Waals surface area contributed by atoms with Gasteiger partial charge in [-0.25, -0.2) is 0 Å². The Morgan fingerprint density at radius 3 is 2.12 bits per heavy atom. The molecule has 2 aromatic carbocycles. The van der Waals surface area contributed by atoms with Crippen molar-refractivity contribution in [1.29, 1.82) is 0 Å². The van der Waals surface area contributed by atoms with E-state index in [0.717, 1.165) is 41.1 Å². The van der Waals surface area contributed by atoms with Gasteiger partial charge in [0.25, 0.3) is 0 Å². The third-order valence-corrected chi connectivity index (χ3v) is 7.36. The Kier molecular flexibility index (Phi) is 7.80. The minimum atomic E-state index is -2.57. The molecule has 2 aromatic rings. The number of ether oxygens (including phenoxy) is 1. The molecule has 0 saturated heterocycles. The van der Waals surface area contributed by atoms with Crippen LogP contribution in [0.3, 0.4) is 0 Å². The zero-order valence-electron chi connectivity index (χ0n) is 16.0. The summed E-state index contributed by atoms with van der Waals surface area (Å²) in [4.78, 5) is 0. The summed E-state index contributed by atoms with van der Waals surface area (Å²) >= 11 is 0. The standard InChI is InChI=1S/C20H28O5Si/c1-22-15-16-7-9-17(10-8-16)20-12-11-19(21)14-18(20)6-5-13-26(23-2,24-3)25-4/h7-12,14,21H,5-6,13,15H2,1-4H3. The van der Waals surface area contributed by atoms with E-state index in [4.69, 9.17) is 18.0 Å². The van der Waals surface area contributed by atoms with Crippen molar-refractivity contribution in [3.05, 3.63) is 53.6 Å². The number of rotatable bonds is 10. The van der Waals surface area contributed by atoms with Gasteiger partial charge in [0, 0.05) is 34.5 Å². The minimum absolute atomic E-state index is 0.272. The first-order chi connectivity index (χ1) is 12.6. The average Bonchev–Trinajstić information content (AvgIpc) is 2.67. The van der Waals surface area contributed by atoms with Crippen LogP contribution in [0.5, 0.6) is 5.75 Å². The topological polar surface area (TPSA) is 57.2 Å². The van der Waals surface area contributed by atoms with Crippen LogP contribution in [0.15, 0.2) is 42.5 Å². The zero-order valence-corrected chi connectivity index (χ0v) is 17.0. The van der Waals surface area contributed by atoms with Gasteiger partial charge < -0.3 is 23.1 Å². The van der Waals surface area contributed by atoms with E-state index in [1.165, 1.54) is 0 Å². The number of hydrogen-bond acceptors (Lipinski definition) is 5. The predicted octanol–water partition coefficient (Wildman–Crippen LogP) is 4.02. The molecule has 0 bridgehead atoms. The van der Waals surface area contributed by atoms with Crippen molar-refractivity contribution in [2.75, 3.05) is 28.4 Å². The number of aryl methyl sites for hydroxylation is 1. The summed E-state index contributed by atoms with van der Waals surface area (Å²) in [7, 11) is 3.99. The fourth-order valence-corrected chi connectivity index (χ4v) is 4.79. The molecule has 142 valence electrons. The Bertz CT molecular complexity index is 675. The number of phenolic OH excluding ortho intramolecular Hbond substituents is 1. The molecule has 0 radical (unpaired) electrons. The normalized spacial score (nSPS) is 11.7. The molecule has 0 unspecified atom stereocenters. The molecule has 5 nitrogen and oxygen atoms in total. The molecule has 0 fully saturated rings. The summed E-state index contributed by atoms with van der Waals surface area (Å²) in [6.45, 7) is 0.598. The van der Waals surface area contributed by atoms with E-state index in [1.54, 1.807) is 34.5 Å². The molecule has 0 aliphatic carbocycles. The first-order valence-electron chi connectivity index (χ1n) is 8.63. The maximum atomic E-state index is 9.91. The minimum Gasteiger partial charge on any atom is -0.508 e. The summed E-state index contributed by atoms with van der Waals surface area (Å²) in [6.07, 6.45) is 1.65. The highest BCUT2D eigenvalue weighted by atomic mass is 28.4. The Hall–Kier alpha value is -1.70. The number of methoxy groups -OCH3 is 1. The highest BCUT2D eigenvalue weighted by Gasteiger charge is 2.36. The van der Waals surface area contributed by atoms with Crippen LogP contribution in [0.25, 0.3) is 11.1 Å². The van der Waals surface area contributed by atoms with Crippen molar-refractivity contribution < 1.29 is 23.1 Å². The zero-order chi connectivity index (χ0) is 19.0. The maximum Gasteiger partial charge on any atom is 0.500 e. The van der Waals surface area contributed by atoms with Crippen molar-refractivity contribution in [2.45, 2.75) is 25.5 Å². The molecule has 0 amide bonds. The van der Waals surface area contributed by atoms with Crippen LogP contribution in [0, 0.1) is 0 Å². The molecule has 2 rings (SSSR count). The quantitative estimate of drug-likeness (QED) is 0.635. The van der Waals surface area contributed by atoms with Crippen LogP contribution in [0.4, 0.5) is 0 Å². The Balaban J connectivity index is 2.17. The van der Waals surface area contributed by atoms with Crippen LogP contribution in [0.2, 0.25) is 6.04 Å². The molecule has 0 aliphatic rings. The van der Waals surface area contributed by atoms with Crippen molar-refractivity contribution in [3.8, 4) is 16.9 Å². The summed E-state index contributed by atoms with van der Waals surface area (Å²) < 4.78 is 21.6. The van der Waals surface area contributed by atoms with E-state index in [1.807, 2.05) is 12.1 Å². The average molecular weight is 377 g/mol. The number of hydrogen-bond donors (Lipinski definition) is 1. The highest BCUT2D eigenvalue weighted by molar-refractivity contribution is 6.60. The van der Waals surface area contributed by atoms with Crippen molar-refractivity contribution in [3.63, 3.8) is 0 Å². The van der Waals surface area contributed by atoms with Gasteiger partial charge in [0.05, 0.1) is 6.61 Å². The molecule has 6 heteroatoms. The number of benzene rings is 2. The van der Waals surface area contributed by atoms with Crippen LogP contribution < -0.4 is 0 Å². The molecule has 0 spiro atoms. The smallest absolute Gasteiger partial charge is 0.500 e. The largest absolute Gasteiger partial charge is 0.508 e. The Labute approximate surface area is 156 Å². The molecule has 0 atom stereocenters. The monoisotopic (exact) mass is 376 g/mol. The van der Waals surface area contributed by atoms with Gasteiger partial charge in [-0.2, -0.15) is 0 Å². The van der Waals surface area contributed by atoms with Gasteiger partial charge in [0.15, 0.2) is 0 Å². The molecule has 1 N–H and O–H groups in total. The fraction of sp³-hybridized carbons (Fsp3) is 0.400. The van der Waals surface area contributed by atoms with Crippen LogP contribution in [-0.2, 0) is 31.0 Å². The SMILES string of the molecule is COCc1ccc(-c2ccc(O)cc2CCC[Si](OC)(OC)OC)cc1. The highest BCUT2D eigenvalue weighted by Crippen LogP contribution is 2.29. The van der Waals surface area contributed by atoms with Crippen molar-refractivity contribution >= 4 is 8.80 Å². The predicted molar refractivity (Wildman–Crippen MR) is 104 cm³/mol. The van der Waals surface area contributed by atoms with Gasteiger partial charge >= 0.3 is 8.80 Å². The lowest BCUT2D eigenvalue weighted by Gasteiger charge is -2.24. The van der Waals surface area contributed by atoms with Crippen molar-refractivity contribution in [2.24, 2.45) is 0 Å². The summed E-state index contributed by atoms with van der Waals surface area (Å²) in [5.41, 5.74) is 4.46. The second kappa shape index (κ2) is 9.85. The molecule has 0 saturated carbocycles. The third-order valence-electron chi connectivity index (χ3n) is 4.53. The summed E-state index contributed by atoms with van der Waals surface area (Å²) in [5, 5.41) is 9.91. The molecule has 0 aromatic heterocycles. The Morgan fingerprint density at radius 1 is 0.885 bits per heavy atom. The van der Waals surface area contributed by atoms with Gasteiger partial charge in [-0.15, -0.1) is 0 Å². The van der Waals surface area contributed by atoms with E-state index in [0.29, 0.717) is 6.61 Å². The van der Waals surface area contributed by atoms with Gasteiger partial charge in [0.2, 0.25) is 0 Å². The lowest BCUT2D eigenvalue weighted by molar-refractivity contribution is 0.123. The molecule has 26 heavy (non-hydrogen) atoms. The molecule has 0 aliphatic heterocycles. The van der Waals surface area contributed by atoms with Gasteiger partial charge in [-0.05, 0) is 47.2 Å². The second-order valence-electron chi connectivity index (χ2n) is 6.12. The van der Waals surface area contributed by atoms with Crippen LogP contribution >= 0.6 is 0 Å². The van der Waals surface area contributed by atoms with Gasteiger partial charge in [-0.3, -0.25) is 0 Å². The second-order valence-corrected chi connectivity index (χ2v) is 9.21. The Morgan fingerprint density at radius 2 is 1.54 bits per heavy atom. The molecular formula is C20H28O5Si. The fourth-order valence-electron chi connectivity index (χ4n) is 3.07. The first kappa shape index (κ1) is 20.6. The lowest BCUT2D eigenvalue weighted by Crippen LogP contribution is -2.42. The summed E-state index contributed by atoms with van der Waals surface area (Å²) in [6, 6.07) is 14.5. The molecule has 0 heterocycles. The van der Waals surface area contributed by atoms with Gasteiger partial charge in [-0.1, -0.05) is 30.3 Å². The van der Waals surface area contributed by atoms with Crippen LogP contribution in [0.1, 0.15) is 17.5 Å². The summed E-state index contributed by atoms with van der Waals surface area (Å²) in [5.74, 6) is 0.272. The van der Waals surface area contributed by atoms with Crippen LogP contribution in [-0.4, -0.2) is 42.4 Å². The maximum absolute atomic E-state index is 9.91. The van der Waals surface area contributed by atoms with E-state index in [2.05, 4.69) is 24.3 Å². The lowest BCUT2D eigenvalue weighted by atomic mass is 9.96. The molecular weight excluding hydrogens is 348 g/mol. The van der Waals surface area contributed by atoms with E-state index >= 15 is 0 Å². The van der Waals surface area contributed by atoms with E-state index in [9.17, 15) is 5.11 Å². The van der Waals surface area contributed by atoms with Crippen molar-refractivity contribution in [1.82, 2.24) is 0 Å². The van der Waals surface area contributed by atoms with E-state index in [-0.39, 0.29) is 5.75 Å². The third kappa shape index (κ3) is 5.15. The first-order valence-corrected chi connectivity index (χ1v) is 10.6. The van der Waals surface area contributed by atoms with Gasteiger partial charge in [0.1, 0.15) is 5.75 Å². The van der Waals surface area contributed by atoms with E-state index < -0.39 is 8.80 Å².